The first-order chi connectivity index (χ1) is 12.3. The first-order valence-corrected chi connectivity index (χ1v) is 9.36. The minimum absolute atomic E-state index is 0.282. The van der Waals surface area contributed by atoms with Gasteiger partial charge >= 0.3 is 150 Å². The van der Waals surface area contributed by atoms with Gasteiger partial charge in [0.15, 0.2) is 0 Å². The van der Waals surface area contributed by atoms with Crippen molar-refractivity contribution in [3.63, 3.8) is 0 Å². The predicted molar refractivity (Wildman–Crippen MR) is 96.3 cm³/mol. The molecule has 122 valence electrons. The van der Waals surface area contributed by atoms with E-state index in [0.29, 0.717) is 5.75 Å². The van der Waals surface area contributed by atoms with Crippen LogP contribution < -0.4 is 9.33 Å². The van der Waals surface area contributed by atoms with E-state index in [9.17, 15) is 4.79 Å². The molecule has 0 aliphatic heterocycles. The molecule has 4 aromatic rings. The third kappa shape index (κ3) is 3.31. The standard InChI is InChI=1S/C19H13N3O2Se/c23-19(24-14-8-2-1-3-9-14)25-18-16-11-5-7-13-22(16)17(21-18)15-10-4-6-12-20-15/h1-13H. The molecule has 3 aromatic heterocycles. The molecule has 0 radical (unpaired) electrons. The molecule has 0 spiro atoms. The molecule has 0 fully saturated rings. The maximum absolute atomic E-state index is 12.3. The number of carbonyl (C=O) groups excluding carboxylic acids is 1. The molecule has 0 atom stereocenters. The van der Waals surface area contributed by atoms with Crippen molar-refractivity contribution in [1.82, 2.24) is 14.4 Å². The minimum atomic E-state index is -0.560. The number of aromatic nitrogens is 3. The number of fused-ring (bicyclic) bond motifs is 1. The average molecular weight is 394 g/mol. The van der Waals surface area contributed by atoms with Crippen molar-refractivity contribution in [2.45, 2.75) is 0 Å². The molecule has 0 saturated heterocycles. The van der Waals surface area contributed by atoms with E-state index in [0.717, 1.165) is 21.6 Å². The third-order valence-corrected chi connectivity index (χ3v) is 5.09. The summed E-state index contributed by atoms with van der Waals surface area (Å²) in [4.78, 5) is 21.1. The van der Waals surface area contributed by atoms with Gasteiger partial charge in [-0.15, -0.1) is 0 Å². The SMILES string of the molecule is O=C(Oc1ccccc1)[Se]c1nc(-c2ccccn2)n2ccccc12. The van der Waals surface area contributed by atoms with Crippen LogP contribution in [-0.2, 0) is 0 Å². The summed E-state index contributed by atoms with van der Waals surface area (Å²) in [5, 5.41) is 0. The van der Waals surface area contributed by atoms with Crippen LogP contribution in [-0.4, -0.2) is 34.2 Å². The molecule has 0 N–H and O–H groups in total. The van der Waals surface area contributed by atoms with E-state index >= 15 is 0 Å². The second kappa shape index (κ2) is 6.89. The van der Waals surface area contributed by atoms with Gasteiger partial charge in [0.05, 0.1) is 0 Å². The molecule has 5 nitrogen and oxygen atoms in total. The number of rotatable bonds is 4. The molecule has 25 heavy (non-hydrogen) atoms. The van der Waals surface area contributed by atoms with Crippen molar-refractivity contribution < 1.29 is 9.53 Å². The normalized spacial score (nSPS) is 10.7. The first-order valence-electron chi connectivity index (χ1n) is 7.64. The van der Waals surface area contributed by atoms with Gasteiger partial charge in [0, 0.05) is 0 Å². The number of hydrogen-bond donors (Lipinski definition) is 0. The van der Waals surface area contributed by atoms with Crippen molar-refractivity contribution in [3.05, 3.63) is 79.1 Å². The van der Waals surface area contributed by atoms with Crippen LogP contribution in [0.25, 0.3) is 17.0 Å². The number of para-hydroxylation sites is 1. The van der Waals surface area contributed by atoms with Gasteiger partial charge in [-0.2, -0.15) is 0 Å². The Labute approximate surface area is 150 Å². The van der Waals surface area contributed by atoms with E-state index in [1.54, 1.807) is 18.3 Å². The Hall–Kier alpha value is -2.95. The van der Waals surface area contributed by atoms with Crippen molar-refractivity contribution in [2.75, 3.05) is 0 Å². The number of imidazole rings is 1. The molecule has 4 rings (SSSR count). The van der Waals surface area contributed by atoms with Gasteiger partial charge in [0.25, 0.3) is 0 Å². The monoisotopic (exact) mass is 395 g/mol. The summed E-state index contributed by atoms with van der Waals surface area (Å²) in [7, 11) is 0. The van der Waals surface area contributed by atoms with Crippen LogP contribution in [0.1, 0.15) is 0 Å². The van der Waals surface area contributed by atoms with Crippen molar-refractivity contribution in [1.29, 1.82) is 0 Å². The quantitative estimate of drug-likeness (QED) is 0.500. The Kier molecular flexibility index (Phi) is 4.29. The van der Waals surface area contributed by atoms with Crippen LogP contribution in [0.3, 0.4) is 0 Å². The molecule has 0 unspecified atom stereocenters. The van der Waals surface area contributed by atoms with Crippen LogP contribution in [0.2, 0.25) is 0 Å². The van der Waals surface area contributed by atoms with Crippen LogP contribution in [0.15, 0.2) is 79.1 Å². The predicted octanol–water partition coefficient (Wildman–Crippen LogP) is 2.92. The molecule has 0 amide bonds. The number of carbonyl (C=O) groups is 1. The summed E-state index contributed by atoms with van der Waals surface area (Å²) in [5.41, 5.74) is 1.66. The summed E-state index contributed by atoms with van der Waals surface area (Å²) in [5.74, 6) is 1.27. The number of hydrogen-bond acceptors (Lipinski definition) is 4. The second-order valence-corrected chi connectivity index (χ2v) is 7.12. The number of pyridine rings is 2. The fourth-order valence-corrected chi connectivity index (χ4v) is 3.91. The second-order valence-electron chi connectivity index (χ2n) is 5.18. The van der Waals surface area contributed by atoms with Crippen LogP contribution in [0, 0.1) is 0 Å². The van der Waals surface area contributed by atoms with E-state index in [2.05, 4.69) is 9.97 Å². The Morgan fingerprint density at radius 3 is 2.56 bits per heavy atom. The van der Waals surface area contributed by atoms with Gasteiger partial charge in [-0.25, -0.2) is 0 Å². The molecule has 0 aliphatic carbocycles. The van der Waals surface area contributed by atoms with E-state index in [1.807, 2.05) is 65.2 Å². The van der Waals surface area contributed by atoms with E-state index in [4.69, 9.17) is 4.74 Å². The Morgan fingerprint density at radius 1 is 0.960 bits per heavy atom. The maximum atomic E-state index is 12.3. The Morgan fingerprint density at radius 2 is 1.76 bits per heavy atom. The van der Waals surface area contributed by atoms with Crippen LogP contribution in [0.4, 0.5) is 4.79 Å². The van der Waals surface area contributed by atoms with Crippen molar-refractivity contribution in [3.8, 4) is 17.3 Å². The molecule has 0 aliphatic rings. The molecular formula is C19H13N3O2Se. The number of benzene rings is 1. The Balaban J connectivity index is 1.67. The van der Waals surface area contributed by atoms with E-state index < -0.39 is 15.0 Å². The number of ether oxygens (including phenoxy) is 1. The zero-order chi connectivity index (χ0) is 17.1. The van der Waals surface area contributed by atoms with Gasteiger partial charge in [-0.1, -0.05) is 0 Å². The molecule has 1 aromatic carbocycles. The van der Waals surface area contributed by atoms with Crippen LogP contribution >= 0.6 is 0 Å². The Bertz CT molecular complexity index is 1020. The topological polar surface area (TPSA) is 56.5 Å². The molecular weight excluding hydrogens is 381 g/mol. The van der Waals surface area contributed by atoms with Gasteiger partial charge < -0.3 is 0 Å². The summed E-state index contributed by atoms with van der Waals surface area (Å²) in [6.45, 7) is 0. The third-order valence-electron chi connectivity index (χ3n) is 3.53. The van der Waals surface area contributed by atoms with Gasteiger partial charge in [-0.05, 0) is 0 Å². The van der Waals surface area contributed by atoms with E-state index in [1.165, 1.54) is 0 Å². The van der Waals surface area contributed by atoms with Gasteiger partial charge in [-0.3, -0.25) is 0 Å². The average Bonchev–Trinajstić information content (AvgIpc) is 3.02. The summed E-state index contributed by atoms with van der Waals surface area (Å²) >= 11 is -0.560. The molecule has 0 bridgehead atoms. The van der Waals surface area contributed by atoms with Gasteiger partial charge in [0.2, 0.25) is 0 Å². The molecule has 6 heteroatoms. The first kappa shape index (κ1) is 15.6. The summed E-state index contributed by atoms with van der Waals surface area (Å²) in [6.07, 6.45) is 3.66. The number of nitrogens with zero attached hydrogens (tertiary/aromatic N) is 3. The fourth-order valence-electron chi connectivity index (χ4n) is 2.44. The fraction of sp³-hybridized carbons (Fsp3) is 0. The zero-order valence-corrected chi connectivity index (χ0v) is 14.8. The van der Waals surface area contributed by atoms with E-state index in [-0.39, 0.29) is 4.87 Å². The molecule has 0 saturated carbocycles. The van der Waals surface area contributed by atoms with Crippen molar-refractivity contribution in [2.24, 2.45) is 0 Å². The van der Waals surface area contributed by atoms with Crippen molar-refractivity contribution >= 4 is 29.9 Å². The molecule has 3 heterocycles. The summed E-state index contributed by atoms with van der Waals surface area (Å²) in [6, 6.07) is 20.6. The van der Waals surface area contributed by atoms with Gasteiger partial charge in [0.1, 0.15) is 0 Å². The van der Waals surface area contributed by atoms with Crippen LogP contribution in [0.5, 0.6) is 5.75 Å². The zero-order valence-electron chi connectivity index (χ0n) is 13.1. The summed E-state index contributed by atoms with van der Waals surface area (Å²) < 4.78 is 8.09.